The lowest BCUT2D eigenvalue weighted by Gasteiger charge is -2.43. The summed E-state index contributed by atoms with van der Waals surface area (Å²) in [6.45, 7) is 6.36. The molecule has 0 radical (unpaired) electrons. The summed E-state index contributed by atoms with van der Waals surface area (Å²) in [7, 11) is 4.37. The van der Waals surface area contributed by atoms with E-state index in [1.54, 1.807) is 0 Å². The number of rotatable bonds is 3. The molecule has 1 saturated heterocycles. The third-order valence-corrected chi connectivity index (χ3v) is 6.08. The van der Waals surface area contributed by atoms with Gasteiger partial charge in [0.15, 0.2) is 0 Å². The summed E-state index contributed by atoms with van der Waals surface area (Å²) < 4.78 is 5.63. The molecule has 0 amide bonds. The number of nitrogens with two attached hydrogens (primary N) is 1. The molecule has 2 N–H and O–H groups in total. The highest BCUT2D eigenvalue weighted by atomic mass is 16.5. The average molecular weight is 329 g/mol. The van der Waals surface area contributed by atoms with Crippen LogP contribution < -0.4 is 5.73 Å². The summed E-state index contributed by atoms with van der Waals surface area (Å²) in [6.07, 6.45) is 7.97. The van der Waals surface area contributed by atoms with Crippen molar-refractivity contribution in [3.63, 3.8) is 0 Å². The fourth-order valence-corrected chi connectivity index (χ4v) is 4.15. The van der Waals surface area contributed by atoms with Gasteiger partial charge in [0.05, 0.1) is 0 Å². The van der Waals surface area contributed by atoms with Crippen LogP contribution in [0.25, 0.3) is 5.57 Å². The molecule has 2 aliphatic rings. The van der Waals surface area contributed by atoms with Crippen LogP contribution >= 0.6 is 0 Å². The molecule has 0 bridgehead atoms. The lowest BCUT2D eigenvalue weighted by atomic mass is 9.75. The van der Waals surface area contributed by atoms with Gasteiger partial charge in [-0.2, -0.15) is 0 Å². The molecule has 1 aromatic rings. The van der Waals surface area contributed by atoms with Crippen LogP contribution in [0.5, 0.6) is 0 Å². The molecule has 1 fully saturated rings. The van der Waals surface area contributed by atoms with Crippen molar-refractivity contribution in [2.75, 3.05) is 33.0 Å². The summed E-state index contributed by atoms with van der Waals surface area (Å²) in [4.78, 5) is 2.36. The highest BCUT2D eigenvalue weighted by molar-refractivity contribution is 5.76. The van der Waals surface area contributed by atoms with Gasteiger partial charge in [-0.25, -0.2) is 0 Å². The highest BCUT2D eigenvalue weighted by Gasteiger charge is 2.37. The smallest absolute Gasteiger partial charge is 0.0498 e. The summed E-state index contributed by atoms with van der Waals surface area (Å²) in [5.41, 5.74) is 11.8. The van der Waals surface area contributed by atoms with Gasteiger partial charge < -0.3 is 10.5 Å². The van der Waals surface area contributed by atoms with E-state index in [1.807, 2.05) is 0 Å². The number of nitrogen functional groups attached to an aromatic ring is 1. The van der Waals surface area contributed by atoms with Gasteiger partial charge >= 0.3 is 0 Å². The molecule has 24 heavy (non-hydrogen) atoms. The first kappa shape index (κ1) is 17.5. The normalized spacial score (nSPS) is 23.1. The zero-order valence-corrected chi connectivity index (χ0v) is 15.7. The van der Waals surface area contributed by atoms with Gasteiger partial charge in [0.2, 0.25) is 0 Å². The van der Waals surface area contributed by atoms with Crippen molar-refractivity contribution < 1.29 is 4.74 Å². The van der Waals surface area contributed by atoms with E-state index in [4.69, 9.17) is 10.5 Å². The predicted octanol–water partition coefficient (Wildman–Crippen LogP) is 4.43. The Kier molecular flexibility index (Phi) is 4.76. The maximum absolute atomic E-state index is 6.36. The first-order valence-corrected chi connectivity index (χ1v) is 9.19. The predicted molar refractivity (Wildman–Crippen MR) is 102 cm³/mol. The average Bonchev–Trinajstić information content (AvgIpc) is 2.56. The van der Waals surface area contributed by atoms with Gasteiger partial charge in [0.1, 0.15) is 0 Å². The quantitative estimate of drug-likeness (QED) is 0.834. The SMILES string of the molecule is CN(C)C1(c2ccc(N)c(C3=CCC(C)(C)CC3)c2)CCOCC1. The molecule has 0 aromatic heterocycles. The minimum Gasteiger partial charge on any atom is -0.398 e. The number of allylic oxidation sites excluding steroid dienone is 2. The molecule has 3 nitrogen and oxygen atoms in total. The summed E-state index contributed by atoms with van der Waals surface area (Å²) in [6, 6.07) is 6.67. The summed E-state index contributed by atoms with van der Waals surface area (Å²) in [5.74, 6) is 0. The second-order valence-corrected chi connectivity index (χ2v) is 8.44. The maximum atomic E-state index is 6.36. The number of anilines is 1. The van der Waals surface area contributed by atoms with Gasteiger partial charge in [-0.05, 0) is 74.9 Å². The zero-order valence-electron chi connectivity index (χ0n) is 15.7. The Labute approximate surface area is 146 Å². The van der Waals surface area contributed by atoms with Gasteiger partial charge in [0, 0.05) is 30.0 Å². The van der Waals surface area contributed by atoms with Gasteiger partial charge in [-0.3, -0.25) is 4.90 Å². The summed E-state index contributed by atoms with van der Waals surface area (Å²) in [5, 5.41) is 0. The van der Waals surface area contributed by atoms with Crippen molar-refractivity contribution in [1.29, 1.82) is 0 Å². The van der Waals surface area contributed by atoms with Crippen molar-refractivity contribution in [3.05, 3.63) is 35.4 Å². The van der Waals surface area contributed by atoms with E-state index in [-0.39, 0.29) is 5.54 Å². The molecule has 0 saturated carbocycles. The Morgan fingerprint density at radius 1 is 1.08 bits per heavy atom. The minimum absolute atomic E-state index is 0.0647. The first-order chi connectivity index (χ1) is 11.3. The number of ether oxygens (including phenoxy) is 1. The second-order valence-electron chi connectivity index (χ2n) is 8.44. The van der Waals surface area contributed by atoms with Gasteiger partial charge in [-0.15, -0.1) is 0 Å². The molecule has 1 heterocycles. The Bertz CT molecular complexity index is 625. The Morgan fingerprint density at radius 2 is 1.79 bits per heavy atom. The molecular weight excluding hydrogens is 296 g/mol. The van der Waals surface area contributed by atoms with Crippen LogP contribution in [0.3, 0.4) is 0 Å². The van der Waals surface area contributed by atoms with Gasteiger partial charge in [-0.1, -0.05) is 26.0 Å². The van der Waals surface area contributed by atoms with Crippen molar-refractivity contribution in [3.8, 4) is 0 Å². The third-order valence-electron chi connectivity index (χ3n) is 6.08. The van der Waals surface area contributed by atoms with Crippen molar-refractivity contribution in [2.45, 2.75) is 51.5 Å². The molecule has 0 unspecified atom stereocenters. The molecule has 3 heteroatoms. The lowest BCUT2D eigenvalue weighted by molar-refractivity contribution is -0.0105. The summed E-state index contributed by atoms with van der Waals surface area (Å²) >= 11 is 0. The van der Waals surface area contributed by atoms with Crippen LogP contribution in [-0.4, -0.2) is 32.2 Å². The van der Waals surface area contributed by atoms with Gasteiger partial charge in [0.25, 0.3) is 0 Å². The van der Waals surface area contributed by atoms with E-state index in [2.05, 4.69) is 57.1 Å². The minimum atomic E-state index is 0.0647. The van der Waals surface area contributed by atoms with Crippen LogP contribution in [0, 0.1) is 5.41 Å². The molecule has 3 rings (SSSR count). The van der Waals surface area contributed by atoms with Crippen molar-refractivity contribution in [1.82, 2.24) is 4.90 Å². The lowest BCUT2D eigenvalue weighted by Crippen LogP contribution is -2.45. The van der Waals surface area contributed by atoms with Crippen LogP contribution in [-0.2, 0) is 10.3 Å². The first-order valence-electron chi connectivity index (χ1n) is 9.19. The van der Waals surface area contributed by atoms with Crippen LogP contribution in [0.2, 0.25) is 0 Å². The number of benzene rings is 1. The molecule has 132 valence electrons. The third kappa shape index (κ3) is 3.25. The largest absolute Gasteiger partial charge is 0.398 e. The fraction of sp³-hybridized carbons (Fsp3) is 0.619. The molecule has 1 aliphatic heterocycles. The van der Waals surface area contributed by atoms with E-state index in [0.717, 1.165) is 44.6 Å². The number of nitrogens with zero attached hydrogens (tertiary/aromatic N) is 1. The fourth-order valence-electron chi connectivity index (χ4n) is 4.15. The van der Waals surface area contributed by atoms with E-state index < -0.39 is 0 Å². The molecule has 0 atom stereocenters. The van der Waals surface area contributed by atoms with E-state index >= 15 is 0 Å². The molecule has 0 spiro atoms. The molecular formula is C21H32N2O. The Morgan fingerprint density at radius 3 is 2.38 bits per heavy atom. The second kappa shape index (κ2) is 6.53. The highest BCUT2D eigenvalue weighted by Crippen LogP contribution is 2.42. The van der Waals surface area contributed by atoms with Crippen molar-refractivity contribution in [2.24, 2.45) is 5.41 Å². The monoisotopic (exact) mass is 328 g/mol. The standard InChI is InChI=1S/C21H32N2O/c1-20(2)9-7-16(8-10-20)18-15-17(5-6-19(18)22)21(23(3)4)11-13-24-14-12-21/h5-7,15H,8-14,22H2,1-4H3. The van der Waals surface area contributed by atoms with Crippen molar-refractivity contribution >= 4 is 11.3 Å². The maximum Gasteiger partial charge on any atom is 0.0498 e. The number of hydrogen-bond donors (Lipinski definition) is 1. The Balaban J connectivity index is 1.98. The van der Waals surface area contributed by atoms with E-state index in [0.29, 0.717) is 5.41 Å². The van der Waals surface area contributed by atoms with Crippen LogP contribution in [0.4, 0.5) is 5.69 Å². The molecule has 1 aliphatic carbocycles. The molecule has 1 aromatic carbocycles. The Hall–Kier alpha value is -1.32. The topological polar surface area (TPSA) is 38.5 Å². The van der Waals surface area contributed by atoms with E-state index in [9.17, 15) is 0 Å². The van der Waals surface area contributed by atoms with Crippen LogP contribution in [0.15, 0.2) is 24.3 Å². The number of hydrogen-bond acceptors (Lipinski definition) is 3. The van der Waals surface area contributed by atoms with Crippen LogP contribution in [0.1, 0.15) is 57.1 Å². The zero-order chi connectivity index (χ0) is 17.4. The van der Waals surface area contributed by atoms with E-state index in [1.165, 1.54) is 23.1 Å².